The van der Waals surface area contributed by atoms with Gasteiger partial charge < -0.3 is 37.9 Å². The minimum Gasteiger partial charge on any atom is -1.00 e. The van der Waals surface area contributed by atoms with Crippen molar-refractivity contribution in [3.05, 3.63) is 91.0 Å². The van der Waals surface area contributed by atoms with Gasteiger partial charge in [-0.2, -0.15) is 0 Å². The first-order valence-electron chi connectivity index (χ1n) is 16.7. The minimum absolute atomic E-state index is 0. The molecule has 1 fully saturated rings. The topological polar surface area (TPSA) is 27.7 Å². The summed E-state index contributed by atoms with van der Waals surface area (Å²) < 4.78 is 20.4. The molecule has 0 bridgehead atoms. The molecule has 0 aromatic heterocycles. The molecule has 254 valence electrons. The van der Waals surface area contributed by atoms with Crippen LogP contribution in [0, 0.1) is 17.8 Å². The molecule has 46 heavy (non-hydrogen) atoms. The molecule has 1 aliphatic rings. The van der Waals surface area contributed by atoms with Gasteiger partial charge in [-0.3, -0.25) is 0 Å². The van der Waals surface area contributed by atoms with Gasteiger partial charge in [0.25, 0.3) is 0 Å². The summed E-state index contributed by atoms with van der Waals surface area (Å²) in [5, 5.41) is 4.45. The molecule has 4 rings (SSSR count). The zero-order valence-corrected chi connectivity index (χ0v) is 35.8. The van der Waals surface area contributed by atoms with Crippen LogP contribution >= 0.6 is 23.8 Å². The Bertz CT molecular complexity index is 1230. The van der Waals surface area contributed by atoms with E-state index in [1.165, 1.54) is 15.9 Å². The van der Waals surface area contributed by atoms with Crippen molar-refractivity contribution >= 4 is 48.0 Å². The Kier molecular flexibility index (Phi) is 15.0. The first-order valence-corrected chi connectivity index (χ1v) is 24.9. The van der Waals surface area contributed by atoms with Crippen molar-refractivity contribution < 1.29 is 37.9 Å². The van der Waals surface area contributed by atoms with Crippen LogP contribution in [0.15, 0.2) is 91.0 Å². The molecule has 0 spiro atoms. The van der Waals surface area contributed by atoms with Gasteiger partial charge in [0.15, 0.2) is 14.3 Å². The van der Waals surface area contributed by atoms with Gasteiger partial charge in [0.2, 0.25) is 0 Å². The third-order valence-corrected chi connectivity index (χ3v) is 21.4. The smallest absolute Gasteiger partial charge is 0.192 e. The van der Waals surface area contributed by atoms with Gasteiger partial charge in [0.1, 0.15) is 23.2 Å². The summed E-state index contributed by atoms with van der Waals surface area (Å²) in [4.78, 5) is 0. The maximum absolute atomic E-state index is 7.48. The fourth-order valence-corrected chi connectivity index (χ4v) is 14.6. The molecule has 3 aromatic carbocycles. The normalized spacial score (nSPS) is 22.6. The Hall–Kier alpha value is -0.223. The first-order chi connectivity index (χ1) is 21.2. The summed E-state index contributed by atoms with van der Waals surface area (Å²) in [6, 6.07) is 33.8. The predicted octanol–water partition coefficient (Wildman–Crippen LogP) is 6.66. The summed E-state index contributed by atoms with van der Waals surface area (Å²) in [6.07, 6.45) is 1.23. The van der Waals surface area contributed by atoms with Crippen LogP contribution in [-0.2, 0) is 13.9 Å². The van der Waals surface area contributed by atoms with Crippen LogP contribution in [-0.4, -0.2) is 45.5 Å². The third-order valence-electron chi connectivity index (χ3n) is 10.4. The highest BCUT2D eigenvalue weighted by Gasteiger charge is 2.52. The zero-order chi connectivity index (χ0) is 33.0. The largest absolute Gasteiger partial charge is 1.00 e. The SMILES string of the molecule is CC(C[C@H](C)[C@@H](O[Si](C)(C)C(C)(C)C)[C@H](C)[C@H]1OC(P(C)P)OC[C@@H]1C)[P+](c1ccccc1)(c1ccccc1)c1ccccc1.[I-]. The predicted molar refractivity (Wildman–Crippen MR) is 206 cm³/mol. The lowest BCUT2D eigenvalue weighted by atomic mass is 9.82. The quantitative estimate of drug-likeness (QED) is 0.117. The highest BCUT2D eigenvalue weighted by molar-refractivity contribution is 8.13. The second-order valence-corrected chi connectivity index (χ2v) is 27.7. The first kappa shape index (κ1) is 40.2. The number of benzene rings is 3. The van der Waals surface area contributed by atoms with Gasteiger partial charge in [-0.15, -0.1) is 8.93 Å². The maximum Gasteiger partial charge on any atom is 0.192 e. The van der Waals surface area contributed by atoms with E-state index >= 15 is 0 Å². The van der Waals surface area contributed by atoms with Crippen molar-refractivity contribution in [2.24, 2.45) is 17.8 Å². The second-order valence-electron chi connectivity index (χ2n) is 14.9. The summed E-state index contributed by atoms with van der Waals surface area (Å²) in [6.45, 7) is 24.5. The van der Waals surface area contributed by atoms with Crippen molar-refractivity contribution in [2.75, 3.05) is 13.3 Å². The van der Waals surface area contributed by atoms with Gasteiger partial charge >= 0.3 is 0 Å². The lowest BCUT2D eigenvalue weighted by Gasteiger charge is -2.47. The van der Waals surface area contributed by atoms with Gasteiger partial charge in [-0.25, -0.2) is 0 Å². The molecular formula is C38H58IO3P3Si. The van der Waals surface area contributed by atoms with Crippen molar-refractivity contribution in [3.63, 3.8) is 0 Å². The van der Waals surface area contributed by atoms with E-state index in [2.05, 4.69) is 168 Å². The lowest BCUT2D eigenvalue weighted by Crippen LogP contribution is -3.00. The molecule has 3 nitrogen and oxygen atoms in total. The molecule has 1 heterocycles. The lowest BCUT2D eigenvalue weighted by molar-refractivity contribution is -0.213. The molecule has 3 aromatic rings. The molecule has 0 saturated carbocycles. The van der Waals surface area contributed by atoms with Crippen molar-refractivity contribution in [1.82, 2.24) is 0 Å². The van der Waals surface area contributed by atoms with Gasteiger partial charge in [-0.05, 0) is 88.1 Å². The van der Waals surface area contributed by atoms with Gasteiger partial charge in [-0.1, -0.05) is 96.1 Å². The van der Waals surface area contributed by atoms with Gasteiger partial charge in [0, 0.05) is 11.8 Å². The Morgan fingerprint density at radius 3 is 1.70 bits per heavy atom. The Morgan fingerprint density at radius 1 is 0.870 bits per heavy atom. The number of hydrogen-bond acceptors (Lipinski definition) is 3. The average Bonchev–Trinajstić information content (AvgIpc) is 3.01. The van der Waals surface area contributed by atoms with Gasteiger partial charge in [0.05, 0.1) is 24.5 Å². The van der Waals surface area contributed by atoms with E-state index in [4.69, 9.17) is 13.9 Å². The Morgan fingerprint density at radius 2 is 1.30 bits per heavy atom. The van der Waals surface area contributed by atoms with E-state index in [1.54, 1.807) is 0 Å². The highest BCUT2D eigenvalue weighted by Crippen LogP contribution is 2.61. The molecule has 8 heteroatoms. The number of rotatable bonds is 12. The van der Waals surface area contributed by atoms with E-state index in [0.717, 1.165) is 13.0 Å². The summed E-state index contributed by atoms with van der Waals surface area (Å²) in [7, 11) is -1.59. The van der Waals surface area contributed by atoms with Crippen LogP contribution in [0.1, 0.15) is 54.9 Å². The minimum atomic E-state index is -2.08. The third kappa shape index (κ3) is 8.92. The van der Waals surface area contributed by atoms with Crippen molar-refractivity contribution in [2.45, 2.75) is 96.9 Å². The van der Waals surface area contributed by atoms with E-state index in [-0.39, 0.29) is 53.2 Å². The summed E-state index contributed by atoms with van der Waals surface area (Å²) in [5.41, 5.74) is 0.397. The molecule has 0 aliphatic carbocycles. The average molecular weight is 811 g/mol. The maximum atomic E-state index is 7.48. The van der Waals surface area contributed by atoms with Crippen LogP contribution in [0.25, 0.3) is 0 Å². The molecule has 1 aliphatic heterocycles. The van der Waals surface area contributed by atoms with Crippen LogP contribution in [0.5, 0.6) is 0 Å². The van der Waals surface area contributed by atoms with Crippen molar-refractivity contribution in [3.8, 4) is 0 Å². The standard InChI is InChI=1S/C38H58O3P3Si.HI/c1-28(36(41-45(9,10)38(5,6)7)31(4)35-29(2)27-39-37(40-35)43(8)42)26-30(3)44(32-20-14-11-15-21-32,33-22-16-12-17-23-33)34-24-18-13-19-25-34;/h11-25,28-31,35-37H,26-27,42H2,1-10H3;1H/q+1;/p-1/t28-,29-,30?,31+,35-,36+,37?,43?;/m0./s1. The molecule has 0 N–H and O–H groups in total. The fourth-order valence-electron chi connectivity index (χ4n) is 6.97. The number of ether oxygens (including phenoxy) is 2. The Labute approximate surface area is 303 Å². The van der Waals surface area contributed by atoms with Crippen LogP contribution < -0.4 is 39.9 Å². The Balaban J connectivity index is 0.00000576. The van der Waals surface area contributed by atoms with Crippen molar-refractivity contribution in [1.29, 1.82) is 0 Å². The molecule has 0 radical (unpaired) electrons. The highest BCUT2D eigenvalue weighted by atomic mass is 127. The fraction of sp³-hybridized carbons (Fsp3) is 0.526. The summed E-state index contributed by atoms with van der Waals surface area (Å²) in [5.74, 6) is 0.882. The molecule has 1 saturated heterocycles. The molecule has 9 atom stereocenters. The number of hydrogen-bond donors (Lipinski definition) is 0. The number of halogens is 1. The van der Waals surface area contributed by atoms with Crippen LogP contribution in [0.4, 0.5) is 0 Å². The van der Waals surface area contributed by atoms with E-state index in [0.29, 0.717) is 17.5 Å². The van der Waals surface area contributed by atoms with E-state index in [1.807, 2.05) is 0 Å². The molecule has 0 amide bonds. The summed E-state index contributed by atoms with van der Waals surface area (Å²) >= 11 is 0. The second kappa shape index (κ2) is 17.1. The van der Waals surface area contributed by atoms with Crippen LogP contribution in [0.2, 0.25) is 18.1 Å². The van der Waals surface area contributed by atoms with E-state index in [9.17, 15) is 0 Å². The van der Waals surface area contributed by atoms with E-state index < -0.39 is 23.2 Å². The molecular weight excluding hydrogens is 752 g/mol. The monoisotopic (exact) mass is 810 g/mol. The molecule has 4 unspecified atom stereocenters. The zero-order valence-electron chi connectivity index (χ0n) is 29.7. The van der Waals surface area contributed by atoms with Crippen LogP contribution in [0.3, 0.4) is 0 Å².